The van der Waals surface area contributed by atoms with Crippen LogP contribution < -0.4 is 4.72 Å². The molecule has 1 fully saturated rings. The Bertz CT molecular complexity index is 763. The molecule has 1 aliphatic carbocycles. The average Bonchev–Trinajstić information content (AvgIpc) is 3.09. The maximum absolute atomic E-state index is 12.7. The molecule has 22 heavy (non-hydrogen) atoms. The van der Waals surface area contributed by atoms with E-state index in [0.29, 0.717) is 0 Å². The number of sulfonamides is 1. The monoisotopic (exact) mass is 400 g/mol. The normalized spacial score (nSPS) is 17.7. The predicted molar refractivity (Wildman–Crippen MR) is 91.5 cm³/mol. The SMILES string of the molecule is Cc1csc(C2(NS(=O)(=O)c3ccc(Br)cc3)CCCC2)n1. The van der Waals surface area contributed by atoms with E-state index in [-0.39, 0.29) is 4.90 Å². The zero-order chi connectivity index (χ0) is 15.8. The number of aryl methyl sites for hydroxylation is 1. The minimum Gasteiger partial charge on any atom is -0.245 e. The van der Waals surface area contributed by atoms with Crippen molar-refractivity contribution in [3.05, 3.63) is 44.8 Å². The first kappa shape index (κ1) is 16.1. The fourth-order valence-electron chi connectivity index (χ4n) is 2.84. The number of thiazole rings is 1. The third-order valence-electron chi connectivity index (χ3n) is 3.94. The third-order valence-corrected chi connectivity index (χ3v) is 7.18. The number of benzene rings is 1. The van der Waals surface area contributed by atoms with Crippen molar-refractivity contribution in [2.45, 2.75) is 43.0 Å². The summed E-state index contributed by atoms with van der Waals surface area (Å²) >= 11 is 4.87. The molecule has 1 saturated carbocycles. The van der Waals surface area contributed by atoms with Crippen molar-refractivity contribution >= 4 is 37.3 Å². The fourth-order valence-corrected chi connectivity index (χ4v) is 5.61. The standard InChI is InChI=1S/C15H17BrN2O2S2/c1-11-10-21-14(17-11)15(8-2-3-9-15)18-22(19,20)13-6-4-12(16)5-7-13/h4-7,10,18H,2-3,8-9H2,1H3. The van der Waals surface area contributed by atoms with Crippen molar-refractivity contribution < 1.29 is 8.42 Å². The molecule has 1 aliphatic rings. The molecule has 0 aliphatic heterocycles. The summed E-state index contributed by atoms with van der Waals surface area (Å²) in [6.07, 6.45) is 3.63. The van der Waals surface area contributed by atoms with Crippen LogP contribution in [0.3, 0.4) is 0 Å². The Balaban J connectivity index is 1.95. The summed E-state index contributed by atoms with van der Waals surface area (Å²) in [6.45, 7) is 1.94. The first-order valence-electron chi connectivity index (χ1n) is 7.13. The van der Waals surface area contributed by atoms with E-state index in [1.807, 2.05) is 12.3 Å². The molecule has 0 spiro atoms. The lowest BCUT2D eigenvalue weighted by atomic mass is 10.0. The lowest BCUT2D eigenvalue weighted by Crippen LogP contribution is -2.43. The van der Waals surface area contributed by atoms with E-state index in [1.165, 1.54) is 11.3 Å². The summed E-state index contributed by atoms with van der Waals surface area (Å²) < 4.78 is 29.3. The number of hydrogen-bond acceptors (Lipinski definition) is 4. The molecule has 4 nitrogen and oxygen atoms in total. The summed E-state index contributed by atoms with van der Waals surface area (Å²) in [6, 6.07) is 6.71. The molecule has 1 aromatic carbocycles. The molecule has 7 heteroatoms. The van der Waals surface area contributed by atoms with Gasteiger partial charge in [0.2, 0.25) is 10.0 Å². The van der Waals surface area contributed by atoms with Gasteiger partial charge >= 0.3 is 0 Å². The zero-order valence-electron chi connectivity index (χ0n) is 12.2. The molecule has 2 aromatic rings. The van der Waals surface area contributed by atoms with Gasteiger partial charge in [-0.25, -0.2) is 13.4 Å². The van der Waals surface area contributed by atoms with Gasteiger partial charge in [0.1, 0.15) is 5.01 Å². The second kappa shape index (κ2) is 6.03. The van der Waals surface area contributed by atoms with Crippen LogP contribution in [0.4, 0.5) is 0 Å². The first-order chi connectivity index (χ1) is 10.4. The van der Waals surface area contributed by atoms with E-state index in [2.05, 4.69) is 25.6 Å². The third kappa shape index (κ3) is 3.13. The first-order valence-corrected chi connectivity index (χ1v) is 10.3. The number of rotatable bonds is 4. The number of aromatic nitrogens is 1. The molecule has 1 N–H and O–H groups in total. The van der Waals surface area contributed by atoms with Gasteiger partial charge in [-0.1, -0.05) is 28.8 Å². The smallest absolute Gasteiger partial charge is 0.241 e. The summed E-state index contributed by atoms with van der Waals surface area (Å²) in [5.74, 6) is 0. The summed E-state index contributed by atoms with van der Waals surface area (Å²) in [7, 11) is -3.56. The van der Waals surface area contributed by atoms with E-state index >= 15 is 0 Å². The van der Waals surface area contributed by atoms with E-state index in [4.69, 9.17) is 0 Å². The highest BCUT2D eigenvalue weighted by molar-refractivity contribution is 9.10. The quantitative estimate of drug-likeness (QED) is 0.844. The fraction of sp³-hybridized carbons (Fsp3) is 0.400. The molecule has 3 rings (SSSR count). The second-order valence-electron chi connectivity index (χ2n) is 5.64. The van der Waals surface area contributed by atoms with Gasteiger partial charge in [0, 0.05) is 15.5 Å². The lowest BCUT2D eigenvalue weighted by molar-refractivity contribution is 0.402. The van der Waals surface area contributed by atoms with Crippen molar-refractivity contribution in [2.24, 2.45) is 0 Å². The van der Waals surface area contributed by atoms with E-state index in [1.54, 1.807) is 24.3 Å². The molecule has 0 bridgehead atoms. The lowest BCUT2D eigenvalue weighted by Gasteiger charge is -2.27. The highest BCUT2D eigenvalue weighted by atomic mass is 79.9. The van der Waals surface area contributed by atoms with Crippen molar-refractivity contribution in [2.75, 3.05) is 0 Å². The van der Waals surface area contributed by atoms with Crippen LogP contribution in [0.25, 0.3) is 0 Å². The maximum atomic E-state index is 12.7. The van der Waals surface area contributed by atoms with Gasteiger partial charge in [0.15, 0.2) is 0 Å². The summed E-state index contributed by atoms with van der Waals surface area (Å²) in [5.41, 5.74) is 0.388. The van der Waals surface area contributed by atoms with Crippen molar-refractivity contribution in [3.63, 3.8) is 0 Å². The summed E-state index contributed by atoms with van der Waals surface area (Å²) in [4.78, 5) is 4.83. The van der Waals surface area contributed by atoms with Gasteiger partial charge in [-0.3, -0.25) is 0 Å². The highest BCUT2D eigenvalue weighted by Crippen LogP contribution is 2.41. The molecule has 0 unspecified atom stereocenters. The molecule has 0 saturated heterocycles. The van der Waals surface area contributed by atoms with Crippen LogP contribution in [0.1, 0.15) is 36.4 Å². The van der Waals surface area contributed by atoms with Crippen molar-refractivity contribution in [1.29, 1.82) is 0 Å². The van der Waals surface area contributed by atoms with Crippen LogP contribution in [0.15, 0.2) is 39.0 Å². The molecule has 1 aromatic heterocycles. The zero-order valence-corrected chi connectivity index (χ0v) is 15.4. The second-order valence-corrected chi connectivity index (χ2v) is 9.10. The Morgan fingerprint density at radius 3 is 2.41 bits per heavy atom. The highest BCUT2D eigenvalue weighted by Gasteiger charge is 2.41. The average molecular weight is 401 g/mol. The minimum atomic E-state index is -3.56. The van der Waals surface area contributed by atoms with Crippen LogP contribution in [0.5, 0.6) is 0 Å². The Labute approximate surface area is 143 Å². The minimum absolute atomic E-state index is 0.287. The molecular formula is C15H17BrN2O2S2. The topological polar surface area (TPSA) is 59.1 Å². The van der Waals surface area contributed by atoms with Crippen LogP contribution in [-0.2, 0) is 15.6 Å². The van der Waals surface area contributed by atoms with E-state index in [9.17, 15) is 8.42 Å². The number of halogens is 1. The van der Waals surface area contributed by atoms with Gasteiger partial charge in [-0.15, -0.1) is 11.3 Å². The van der Waals surface area contributed by atoms with Crippen LogP contribution in [0.2, 0.25) is 0 Å². The maximum Gasteiger partial charge on any atom is 0.241 e. The Kier molecular flexibility index (Phi) is 4.42. The van der Waals surface area contributed by atoms with E-state index < -0.39 is 15.6 Å². The van der Waals surface area contributed by atoms with Crippen LogP contribution in [-0.4, -0.2) is 13.4 Å². The number of nitrogens with one attached hydrogen (secondary N) is 1. The molecule has 0 radical (unpaired) electrons. The predicted octanol–water partition coefficient (Wildman–Crippen LogP) is 3.96. The Morgan fingerprint density at radius 1 is 1.23 bits per heavy atom. The van der Waals surface area contributed by atoms with E-state index in [0.717, 1.165) is 40.9 Å². The molecule has 1 heterocycles. The van der Waals surface area contributed by atoms with Crippen LogP contribution in [0, 0.1) is 6.92 Å². The summed E-state index contributed by atoms with van der Waals surface area (Å²) in [5, 5.41) is 2.85. The van der Waals surface area contributed by atoms with Gasteiger partial charge < -0.3 is 0 Å². The van der Waals surface area contributed by atoms with Crippen LogP contribution >= 0.6 is 27.3 Å². The molecule has 0 amide bonds. The van der Waals surface area contributed by atoms with Gasteiger partial charge in [-0.2, -0.15) is 4.72 Å². The Hall–Kier alpha value is -0.760. The van der Waals surface area contributed by atoms with Gasteiger partial charge in [0.25, 0.3) is 0 Å². The number of hydrogen-bond donors (Lipinski definition) is 1. The van der Waals surface area contributed by atoms with Gasteiger partial charge in [-0.05, 0) is 44.0 Å². The number of nitrogens with zero attached hydrogens (tertiary/aromatic N) is 1. The van der Waals surface area contributed by atoms with Crippen molar-refractivity contribution in [1.82, 2.24) is 9.71 Å². The molecular weight excluding hydrogens is 384 g/mol. The van der Waals surface area contributed by atoms with Crippen molar-refractivity contribution in [3.8, 4) is 0 Å². The largest absolute Gasteiger partial charge is 0.245 e. The molecule has 118 valence electrons. The Morgan fingerprint density at radius 2 is 1.86 bits per heavy atom. The molecule has 0 atom stereocenters. The van der Waals surface area contributed by atoms with Gasteiger partial charge in [0.05, 0.1) is 10.4 Å².